The number of hydrogen-bond acceptors (Lipinski definition) is 8. The molecule has 0 saturated carbocycles. The van der Waals surface area contributed by atoms with Crippen LogP contribution in [0.1, 0.15) is 77.4 Å². The van der Waals surface area contributed by atoms with E-state index in [1.165, 1.54) is 11.3 Å². The van der Waals surface area contributed by atoms with Crippen LogP contribution in [0.4, 0.5) is 0 Å². The first-order valence-electron chi connectivity index (χ1n) is 12.8. The van der Waals surface area contributed by atoms with Crippen LogP contribution in [0.5, 0.6) is 0 Å². The molecule has 2 unspecified atom stereocenters. The first-order valence-corrected chi connectivity index (χ1v) is 13.7. The largest absolute Gasteiger partial charge is 0.458 e. The van der Waals surface area contributed by atoms with Gasteiger partial charge in [0.05, 0.1) is 46.8 Å². The third-order valence-electron chi connectivity index (χ3n) is 7.99. The van der Waals surface area contributed by atoms with Gasteiger partial charge in [-0.2, -0.15) is 0 Å². The Morgan fingerprint density at radius 2 is 1.92 bits per heavy atom. The molecule has 0 aliphatic carbocycles. The van der Waals surface area contributed by atoms with Crippen molar-refractivity contribution in [3.8, 4) is 0 Å². The van der Waals surface area contributed by atoms with E-state index in [2.05, 4.69) is 4.98 Å². The second kappa shape index (κ2) is 11.5. The number of aliphatic hydroxyl groups is 2. The van der Waals surface area contributed by atoms with Gasteiger partial charge in [0.15, 0.2) is 0 Å². The number of esters is 1. The number of Topliss-reactive ketones (excluding diaryl/α,β-unsaturated/α-hetero) is 1. The van der Waals surface area contributed by atoms with E-state index < -0.39 is 35.6 Å². The maximum absolute atomic E-state index is 13.2. The lowest BCUT2D eigenvalue weighted by Crippen LogP contribution is -2.45. The molecular formula is C27H40N2O6S. The van der Waals surface area contributed by atoms with Gasteiger partial charge in [-0.05, 0) is 44.3 Å². The molecule has 2 fully saturated rings. The summed E-state index contributed by atoms with van der Waals surface area (Å²) >= 11 is 1.53. The standard InChI is InChI=1S/C27H40N2O6S/c1-15-8-7-9-20-21(29(20)14-30)11-22(16(2)10-19-13-36-18(4)28-19)35-24(32)12-23(31)27(5,6)26(34)17(3)25(15)33/h10,13-15,17,20-23,25,31,33H,7-9,11-12H2,1-6H3/b16-10+/t15?,17-,20?,21+,22+,23+,25+,29?/m1/s1. The van der Waals surface area contributed by atoms with Crippen molar-refractivity contribution in [2.75, 3.05) is 0 Å². The first-order chi connectivity index (χ1) is 16.9. The third-order valence-corrected chi connectivity index (χ3v) is 8.78. The van der Waals surface area contributed by atoms with Crippen LogP contribution in [-0.2, 0) is 19.1 Å². The van der Waals surface area contributed by atoms with Gasteiger partial charge in [-0.15, -0.1) is 11.3 Å². The molecule has 0 radical (unpaired) electrons. The number of carbonyl (C=O) groups is 3. The number of ether oxygens (including phenoxy) is 1. The topological polar surface area (TPSA) is 117 Å². The summed E-state index contributed by atoms with van der Waals surface area (Å²) in [4.78, 5) is 44.1. The van der Waals surface area contributed by atoms with Gasteiger partial charge >= 0.3 is 5.97 Å². The maximum atomic E-state index is 13.2. The summed E-state index contributed by atoms with van der Waals surface area (Å²) in [5.74, 6) is -1.70. The van der Waals surface area contributed by atoms with Crippen molar-refractivity contribution in [2.24, 2.45) is 17.3 Å². The monoisotopic (exact) mass is 520 g/mol. The van der Waals surface area contributed by atoms with Crippen molar-refractivity contribution in [1.82, 2.24) is 9.88 Å². The van der Waals surface area contributed by atoms with E-state index in [0.717, 1.165) is 41.9 Å². The molecule has 0 spiro atoms. The Kier molecular flexibility index (Phi) is 9.11. The number of aliphatic hydroxyl groups excluding tert-OH is 2. The minimum Gasteiger partial charge on any atom is -0.458 e. The van der Waals surface area contributed by atoms with Gasteiger partial charge in [0.2, 0.25) is 6.41 Å². The number of hydrogen-bond donors (Lipinski definition) is 2. The van der Waals surface area contributed by atoms with Crippen molar-refractivity contribution in [3.05, 3.63) is 21.7 Å². The van der Waals surface area contributed by atoms with Gasteiger partial charge in [-0.25, -0.2) is 4.98 Å². The van der Waals surface area contributed by atoms with Crippen LogP contribution >= 0.6 is 11.3 Å². The summed E-state index contributed by atoms with van der Waals surface area (Å²) in [7, 11) is 0. The molecular weight excluding hydrogens is 480 g/mol. The van der Waals surface area contributed by atoms with Crippen LogP contribution in [0.15, 0.2) is 11.0 Å². The molecule has 200 valence electrons. The summed E-state index contributed by atoms with van der Waals surface area (Å²) in [5, 5.41) is 24.6. The zero-order valence-corrected chi connectivity index (χ0v) is 23.0. The molecule has 8 nitrogen and oxygen atoms in total. The van der Waals surface area contributed by atoms with E-state index in [-0.39, 0.29) is 30.2 Å². The second-order valence-corrected chi connectivity index (χ2v) is 12.1. The average Bonchev–Trinajstić information content (AvgIpc) is 3.32. The SMILES string of the molecule is C/C(=C\c1csc(C)n1)[C@@H]1C[C@H]2C(CCCC(C)[C@H](O)[C@@H](C)C(=O)C(C)(C)[C@@H](O)CC(=O)O1)N2C=O. The number of thiazole rings is 1. The number of aromatic nitrogens is 1. The van der Waals surface area contributed by atoms with Crippen molar-refractivity contribution >= 4 is 35.6 Å². The Labute approximate surface area is 217 Å². The molecule has 36 heavy (non-hydrogen) atoms. The summed E-state index contributed by atoms with van der Waals surface area (Å²) in [6.07, 6.45) is 2.43. The zero-order valence-electron chi connectivity index (χ0n) is 22.1. The normalized spacial score (nSPS) is 34.6. The van der Waals surface area contributed by atoms with Crippen molar-refractivity contribution in [2.45, 2.75) is 104 Å². The molecule has 2 aliphatic rings. The molecule has 1 amide bonds. The van der Waals surface area contributed by atoms with Crippen molar-refractivity contribution in [3.63, 3.8) is 0 Å². The lowest BCUT2D eigenvalue weighted by atomic mass is 9.73. The molecule has 9 heteroatoms. The number of amides is 1. The van der Waals surface area contributed by atoms with Gasteiger partial charge < -0.3 is 19.8 Å². The van der Waals surface area contributed by atoms with Gasteiger partial charge in [0.1, 0.15) is 11.9 Å². The van der Waals surface area contributed by atoms with Crippen LogP contribution in [-0.4, -0.2) is 68.7 Å². The highest BCUT2D eigenvalue weighted by molar-refractivity contribution is 7.09. The van der Waals surface area contributed by atoms with Gasteiger partial charge in [-0.1, -0.05) is 34.1 Å². The Hall–Kier alpha value is -2.10. The van der Waals surface area contributed by atoms with E-state index in [4.69, 9.17) is 4.74 Å². The Balaban J connectivity index is 1.88. The van der Waals surface area contributed by atoms with E-state index >= 15 is 0 Å². The summed E-state index contributed by atoms with van der Waals surface area (Å²) in [6, 6.07) is 0.00895. The molecule has 7 atom stereocenters. The van der Waals surface area contributed by atoms with Gasteiger partial charge in [0.25, 0.3) is 0 Å². The second-order valence-electron chi connectivity index (χ2n) is 11.1. The lowest BCUT2D eigenvalue weighted by Gasteiger charge is -2.34. The van der Waals surface area contributed by atoms with Gasteiger partial charge in [0, 0.05) is 17.7 Å². The summed E-state index contributed by atoms with van der Waals surface area (Å²) < 4.78 is 5.85. The summed E-state index contributed by atoms with van der Waals surface area (Å²) in [5.41, 5.74) is 0.359. The van der Waals surface area contributed by atoms with Crippen molar-refractivity contribution < 1.29 is 29.3 Å². The molecule has 0 bridgehead atoms. The third kappa shape index (κ3) is 6.42. The maximum Gasteiger partial charge on any atom is 0.309 e. The zero-order chi connectivity index (χ0) is 26.8. The quantitative estimate of drug-likeness (QED) is 0.356. The highest BCUT2D eigenvalue weighted by atomic mass is 32.1. The fourth-order valence-electron chi connectivity index (χ4n) is 5.29. The van der Waals surface area contributed by atoms with Crippen LogP contribution < -0.4 is 0 Å². The minimum atomic E-state index is -1.26. The number of carbonyl (C=O) groups excluding carboxylic acids is 3. The molecule has 1 aromatic rings. The highest BCUT2D eigenvalue weighted by Crippen LogP contribution is 2.38. The highest BCUT2D eigenvalue weighted by Gasteiger charge is 2.48. The fraction of sp³-hybridized carbons (Fsp3) is 0.704. The minimum absolute atomic E-state index is 0.0455. The average molecular weight is 521 g/mol. The smallest absolute Gasteiger partial charge is 0.309 e. The number of fused-ring (bicyclic) bond motifs is 1. The van der Waals surface area contributed by atoms with Crippen LogP contribution in [0, 0.1) is 24.2 Å². The Morgan fingerprint density at radius 3 is 2.53 bits per heavy atom. The molecule has 3 heterocycles. The number of cyclic esters (lactones) is 1. The van der Waals surface area contributed by atoms with Crippen molar-refractivity contribution in [1.29, 1.82) is 0 Å². The van der Waals surface area contributed by atoms with Crippen LogP contribution in [0.3, 0.4) is 0 Å². The number of aryl methyl sites for hydroxylation is 1. The molecule has 2 aliphatic heterocycles. The Bertz CT molecular complexity index is 989. The molecule has 1 aromatic heterocycles. The van der Waals surface area contributed by atoms with E-state index in [1.807, 2.05) is 32.2 Å². The summed E-state index contributed by atoms with van der Waals surface area (Å²) in [6.45, 7) is 10.6. The molecule has 0 aromatic carbocycles. The predicted molar refractivity (Wildman–Crippen MR) is 138 cm³/mol. The van der Waals surface area contributed by atoms with Crippen LogP contribution in [0.2, 0.25) is 0 Å². The molecule has 2 saturated heterocycles. The molecule has 3 rings (SSSR count). The van der Waals surface area contributed by atoms with Gasteiger partial charge in [-0.3, -0.25) is 14.4 Å². The first kappa shape index (κ1) is 28.5. The number of ketones is 1. The number of nitrogens with zero attached hydrogens (tertiary/aromatic N) is 2. The van der Waals surface area contributed by atoms with E-state index in [1.54, 1.807) is 25.7 Å². The fourth-order valence-corrected chi connectivity index (χ4v) is 5.86. The lowest BCUT2D eigenvalue weighted by molar-refractivity contribution is -0.154. The predicted octanol–water partition coefficient (Wildman–Crippen LogP) is 3.53. The van der Waals surface area contributed by atoms with E-state index in [0.29, 0.717) is 6.42 Å². The molecule has 2 N–H and O–H groups in total. The van der Waals surface area contributed by atoms with Crippen LogP contribution in [0.25, 0.3) is 6.08 Å². The van der Waals surface area contributed by atoms with E-state index in [9.17, 15) is 24.6 Å². The number of rotatable bonds is 3. The Morgan fingerprint density at radius 1 is 1.22 bits per heavy atom.